The number of imidazole rings is 1. The van der Waals surface area contributed by atoms with Crippen LogP contribution in [0.3, 0.4) is 0 Å². The zero-order valence-corrected chi connectivity index (χ0v) is 12.6. The molecule has 0 amide bonds. The summed E-state index contributed by atoms with van der Waals surface area (Å²) in [4.78, 5) is 4.61. The van der Waals surface area contributed by atoms with Crippen molar-refractivity contribution in [3.8, 4) is 0 Å². The number of aromatic nitrogens is 2. The van der Waals surface area contributed by atoms with Crippen LogP contribution in [-0.4, -0.2) is 46.4 Å². The average molecular weight is 316 g/mol. The summed E-state index contributed by atoms with van der Waals surface area (Å²) in [5.74, 6) is 0.107. The normalized spacial score (nSPS) is 25.3. The lowest BCUT2D eigenvalue weighted by Crippen LogP contribution is -2.46. The fraction of sp³-hybridized carbons (Fsp3) is 0.545. The highest BCUT2D eigenvalue weighted by Gasteiger charge is 2.36. The molecule has 2 unspecified atom stereocenters. The monoisotopic (exact) mass is 316 g/mol. The molecule has 9 heteroatoms. The number of rotatable bonds is 2. The molecule has 0 radical (unpaired) electrons. The number of hydrogen-bond acceptors (Lipinski definition) is 6. The van der Waals surface area contributed by atoms with E-state index in [1.165, 1.54) is 20.0 Å². The van der Waals surface area contributed by atoms with Gasteiger partial charge in [-0.05, 0) is 12.3 Å². The minimum Gasteiger partial charge on any atom is -0.391 e. The van der Waals surface area contributed by atoms with Crippen LogP contribution in [0.4, 0.5) is 5.82 Å². The first-order valence-electron chi connectivity index (χ1n) is 6.30. The van der Waals surface area contributed by atoms with E-state index in [4.69, 9.17) is 5.73 Å². The van der Waals surface area contributed by atoms with Crippen LogP contribution in [0.1, 0.15) is 13.3 Å². The van der Waals surface area contributed by atoms with Crippen LogP contribution in [0.2, 0.25) is 0 Å². The Morgan fingerprint density at radius 3 is 3.00 bits per heavy atom. The van der Waals surface area contributed by atoms with E-state index in [0.717, 1.165) is 0 Å². The fourth-order valence-corrected chi connectivity index (χ4v) is 4.82. The smallest absolute Gasteiger partial charge is 0.262 e. The molecule has 1 aliphatic rings. The molecular weight excluding hydrogens is 300 g/mol. The Hall–Kier alpha value is -1.16. The Morgan fingerprint density at radius 1 is 1.55 bits per heavy atom. The van der Waals surface area contributed by atoms with E-state index in [1.54, 1.807) is 11.6 Å². The Balaban J connectivity index is 2.04. The molecule has 0 aliphatic carbocycles. The molecular formula is C11H16N4O3S2. The summed E-state index contributed by atoms with van der Waals surface area (Å²) < 4.78 is 28.2. The molecule has 0 spiro atoms. The number of aliphatic hydroxyl groups excluding tert-OH is 1. The number of piperidine rings is 1. The molecule has 1 aliphatic heterocycles. The number of nitrogens with zero attached hydrogens (tertiary/aromatic N) is 3. The maximum atomic E-state index is 12.7. The summed E-state index contributed by atoms with van der Waals surface area (Å²) in [7, 11) is -3.75. The number of sulfonamides is 1. The van der Waals surface area contributed by atoms with Gasteiger partial charge in [-0.3, -0.25) is 4.40 Å². The standard InChI is InChI=1S/C11H16N4O3S2/c1-7-2-3-14(6-8(7)16)20(17,18)10-9(12)13-11-15(10)4-5-19-11/h4-5,7-8,16H,2-3,6,12H2,1H3. The van der Waals surface area contributed by atoms with Crippen molar-refractivity contribution < 1.29 is 13.5 Å². The maximum absolute atomic E-state index is 12.7. The van der Waals surface area contributed by atoms with Gasteiger partial charge in [-0.15, -0.1) is 11.3 Å². The van der Waals surface area contributed by atoms with Crippen molar-refractivity contribution >= 4 is 32.1 Å². The highest BCUT2D eigenvalue weighted by Crippen LogP contribution is 2.29. The molecule has 0 bridgehead atoms. The van der Waals surface area contributed by atoms with Gasteiger partial charge in [-0.1, -0.05) is 6.92 Å². The Bertz CT molecular complexity index is 736. The van der Waals surface area contributed by atoms with Crippen LogP contribution in [0.25, 0.3) is 4.96 Å². The summed E-state index contributed by atoms with van der Waals surface area (Å²) in [5, 5.41) is 11.6. The third-order valence-corrected chi connectivity index (χ3v) is 6.37. The fourth-order valence-electron chi connectivity index (χ4n) is 2.40. The molecule has 110 valence electrons. The van der Waals surface area contributed by atoms with Crippen molar-refractivity contribution in [1.82, 2.24) is 13.7 Å². The Labute approximate surface area is 120 Å². The summed E-state index contributed by atoms with van der Waals surface area (Å²) in [6.45, 7) is 2.40. The van der Waals surface area contributed by atoms with Crippen LogP contribution in [0.15, 0.2) is 16.6 Å². The van der Waals surface area contributed by atoms with Crippen LogP contribution in [-0.2, 0) is 10.0 Å². The second-order valence-corrected chi connectivity index (χ2v) is 7.78. The van der Waals surface area contributed by atoms with Gasteiger partial charge >= 0.3 is 0 Å². The van der Waals surface area contributed by atoms with Crippen LogP contribution in [0.5, 0.6) is 0 Å². The van der Waals surface area contributed by atoms with Crippen molar-refractivity contribution in [2.45, 2.75) is 24.5 Å². The molecule has 0 saturated carbocycles. The summed E-state index contributed by atoms with van der Waals surface area (Å²) >= 11 is 1.33. The van der Waals surface area contributed by atoms with E-state index < -0.39 is 16.1 Å². The molecule has 3 rings (SSSR count). The van der Waals surface area contributed by atoms with E-state index in [0.29, 0.717) is 17.9 Å². The lowest BCUT2D eigenvalue weighted by atomic mass is 9.98. The summed E-state index contributed by atoms with van der Waals surface area (Å²) in [6, 6.07) is 0. The highest BCUT2D eigenvalue weighted by atomic mass is 32.2. The van der Waals surface area contributed by atoms with Crippen molar-refractivity contribution in [2.24, 2.45) is 5.92 Å². The molecule has 1 fully saturated rings. The third-order valence-electron chi connectivity index (χ3n) is 3.71. The Morgan fingerprint density at radius 2 is 2.30 bits per heavy atom. The first-order valence-corrected chi connectivity index (χ1v) is 8.62. The number of fused-ring (bicyclic) bond motifs is 1. The van der Waals surface area contributed by atoms with Crippen molar-refractivity contribution in [3.63, 3.8) is 0 Å². The molecule has 1 saturated heterocycles. The quantitative estimate of drug-likeness (QED) is 0.833. The molecule has 20 heavy (non-hydrogen) atoms. The highest BCUT2D eigenvalue weighted by molar-refractivity contribution is 7.89. The predicted octanol–water partition coefficient (Wildman–Crippen LogP) is 0.369. The first kappa shape index (κ1) is 13.8. The van der Waals surface area contributed by atoms with Gasteiger partial charge in [0, 0.05) is 24.7 Å². The van der Waals surface area contributed by atoms with Crippen molar-refractivity contribution in [3.05, 3.63) is 11.6 Å². The molecule has 2 aromatic rings. The number of nitrogen functional groups attached to an aromatic ring is 1. The van der Waals surface area contributed by atoms with Gasteiger partial charge in [0.2, 0.25) is 0 Å². The molecule has 7 nitrogen and oxygen atoms in total. The number of β-amino-alcohol motifs (C(OH)–C–C–N with tert-alkyl or cyclic N) is 1. The maximum Gasteiger partial charge on any atom is 0.262 e. The molecule has 2 aromatic heterocycles. The number of aliphatic hydroxyl groups is 1. The number of hydrogen-bond donors (Lipinski definition) is 2. The van der Waals surface area contributed by atoms with Gasteiger partial charge in [0.25, 0.3) is 10.0 Å². The largest absolute Gasteiger partial charge is 0.391 e. The van der Waals surface area contributed by atoms with Gasteiger partial charge in [0.05, 0.1) is 6.10 Å². The van der Waals surface area contributed by atoms with Gasteiger partial charge in [-0.2, -0.15) is 4.31 Å². The van der Waals surface area contributed by atoms with Crippen LogP contribution >= 0.6 is 11.3 Å². The lowest BCUT2D eigenvalue weighted by molar-refractivity contribution is 0.0604. The zero-order valence-electron chi connectivity index (χ0n) is 10.9. The summed E-state index contributed by atoms with van der Waals surface area (Å²) in [5.41, 5.74) is 5.76. The number of anilines is 1. The van der Waals surface area contributed by atoms with Crippen LogP contribution < -0.4 is 5.73 Å². The van der Waals surface area contributed by atoms with Crippen molar-refractivity contribution in [2.75, 3.05) is 18.8 Å². The summed E-state index contributed by atoms with van der Waals surface area (Å²) in [6.07, 6.45) is 1.62. The zero-order chi connectivity index (χ0) is 14.5. The first-order chi connectivity index (χ1) is 9.41. The number of thiazole rings is 1. The SMILES string of the molecule is CC1CCN(S(=O)(=O)c2c(N)nc3sccn23)CC1O. The topological polar surface area (TPSA) is 101 Å². The van der Waals surface area contributed by atoms with E-state index >= 15 is 0 Å². The predicted molar refractivity (Wildman–Crippen MR) is 76.0 cm³/mol. The van der Waals surface area contributed by atoms with E-state index in [9.17, 15) is 13.5 Å². The minimum absolute atomic E-state index is 0.00416. The molecule has 3 heterocycles. The minimum atomic E-state index is -3.75. The second-order valence-electron chi connectivity index (χ2n) is 5.05. The Kier molecular flexibility index (Phi) is 3.24. The average Bonchev–Trinajstić information content (AvgIpc) is 2.91. The molecule has 0 aromatic carbocycles. The van der Waals surface area contributed by atoms with Gasteiger partial charge in [-0.25, -0.2) is 13.4 Å². The molecule has 2 atom stereocenters. The third kappa shape index (κ3) is 2.01. The van der Waals surface area contributed by atoms with Crippen LogP contribution in [0, 0.1) is 5.92 Å². The second kappa shape index (κ2) is 4.69. The lowest BCUT2D eigenvalue weighted by Gasteiger charge is -2.33. The van der Waals surface area contributed by atoms with Gasteiger partial charge in [0.15, 0.2) is 15.8 Å². The van der Waals surface area contributed by atoms with E-state index in [1.807, 2.05) is 6.92 Å². The van der Waals surface area contributed by atoms with E-state index in [-0.39, 0.29) is 23.3 Å². The number of nitrogens with two attached hydrogens (primary N) is 1. The molecule has 3 N–H and O–H groups in total. The van der Waals surface area contributed by atoms with Gasteiger partial charge < -0.3 is 10.8 Å². The van der Waals surface area contributed by atoms with Crippen molar-refractivity contribution in [1.29, 1.82) is 0 Å². The van der Waals surface area contributed by atoms with E-state index in [2.05, 4.69) is 4.98 Å². The van der Waals surface area contributed by atoms with Gasteiger partial charge in [0.1, 0.15) is 0 Å².